The second kappa shape index (κ2) is 7.22. The topological polar surface area (TPSA) is 79.9 Å². The van der Waals surface area contributed by atoms with Crippen LogP contribution < -0.4 is 5.32 Å². The molecule has 0 unspecified atom stereocenters. The van der Waals surface area contributed by atoms with Gasteiger partial charge in [0.2, 0.25) is 0 Å². The van der Waals surface area contributed by atoms with E-state index in [9.17, 15) is 4.79 Å². The van der Waals surface area contributed by atoms with E-state index in [1.165, 1.54) is 0 Å². The first-order valence-corrected chi connectivity index (χ1v) is 7.23. The predicted octanol–water partition coefficient (Wildman–Crippen LogP) is 2.90. The van der Waals surface area contributed by atoms with Crippen LogP contribution in [-0.2, 0) is 11.3 Å². The van der Waals surface area contributed by atoms with Crippen LogP contribution in [-0.4, -0.2) is 28.0 Å². The van der Waals surface area contributed by atoms with E-state index in [4.69, 9.17) is 4.74 Å². The van der Waals surface area contributed by atoms with Crippen molar-refractivity contribution >= 4 is 23.2 Å². The van der Waals surface area contributed by atoms with Gasteiger partial charge < -0.3 is 10.1 Å². The average molecular weight is 308 g/mol. The van der Waals surface area contributed by atoms with E-state index >= 15 is 0 Å². The number of carbonyl (C=O) groups excluding carboxylic acids is 1. The summed E-state index contributed by atoms with van der Waals surface area (Å²) in [5.41, 5.74) is 3.58. The van der Waals surface area contributed by atoms with E-state index in [0.29, 0.717) is 6.54 Å². The lowest BCUT2D eigenvalue weighted by Gasteiger charge is -2.05. The Morgan fingerprint density at radius 2 is 1.96 bits per heavy atom. The highest BCUT2D eigenvalue weighted by Crippen LogP contribution is 2.11. The summed E-state index contributed by atoms with van der Waals surface area (Å²) in [6.45, 7) is 0.656. The molecule has 0 aliphatic heterocycles. The van der Waals surface area contributed by atoms with Gasteiger partial charge in [-0.3, -0.25) is 0 Å². The maximum atomic E-state index is 11.6. The zero-order valence-corrected chi connectivity index (χ0v) is 12.4. The van der Waals surface area contributed by atoms with Gasteiger partial charge in [-0.2, -0.15) is 15.4 Å². The molecule has 1 amide bonds. The molecule has 2 N–H and O–H groups in total. The molecule has 6 heteroatoms. The van der Waals surface area contributed by atoms with Crippen molar-refractivity contribution in [2.24, 2.45) is 0 Å². The summed E-state index contributed by atoms with van der Waals surface area (Å²) in [7, 11) is 0. The second-order valence-electron chi connectivity index (χ2n) is 4.92. The third-order valence-corrected chi connectivity index (χ3v) is 3.23. The minimum Gasteiger partial charge on any atom is -0.445 e. The van der Waals surface area contributed by atoms with Crippen molar-refractivity contribution in [1.82, 2.24) is 20.7 Å². The number of benzene rings is 2. The molecule has 1 aromatic heterocycles. The Labute approximate surface area is 133 Å². The van der Waals surface area contributed by atoms with Crippen LogP contribution in [0.2, 0.25) is 0 Å². The fourth-order valence-corrected chi connectivity index (χ4v) is 2.07. The number of hydrogen-bond acceptors (Lipinski definition) is 4. The molecule has 0 aliphatic carbocycles. The van der Waals surface area contributed by atoms with Crippen molar-refractivity contribution in [3.63, 3.8) is 0 Å². The molecule has 3 aromatic rings. The number of hydrogen-bond donors (Lipinski definition) is 2. The van der Waals surface area contributed by atoms with E-state index < -0.39 is 6.09 Å². The summed E-state index contributed by atoms with van der Waals surface area (Å²) in [5.74, 6) is 0. The molecule has 0 bridgehead atoms. The summed E-state index contributed by atoms with van der Waals surface area (Å²) in [4.78, 5) is 11.6. The molecule has 2 aromatic carbocycles. The van der Waals surface area contributed by atoms with Gasteiger partial charge in [-0.25, -0.2) is 4.79 Å². The van der Waals surface area contributed by atoms with E-state index in [0.717, 1.165) is 22.2 Å². The highest BCUT2D eigenvalue weighted by atomic mass is 16.5. The average Bonchev–Trinajstić information content (AvgIpc) is 3.05. The van der Waals surface area contributed by atoms with E-state index in [-0.39, 0.29) is 6.61 Å². The minimum atomic E-state index is -0.439. The zero-order chi connectivity index (χ0) is 15.9. The molecule has 6 nitrogen and oxygen atoms in total. The molecule has 116 valence electrons. The first-order valence-electron chi connectivity index (χ1n) is 7.23. The largest absolute Gasteiger partial charge is 0.445 e. The van der Waals surface area contributed by atoms with Crippen LogP contribution in [0, 0.1) is 0 Å². The highest BCUT2D eigenvalue weighted by Gasteiger charge is 2.00. The molecule has 0 spiro atoms. The first-order chi connectivity index (χ1) is 11.3. The lowest BCUT2D eigenvalue weighted by molar-refractivity contribution is 0.141. The molecule has 0 fully saturated rings. The van der Waals surface area contributed by atoms with Crippen molar-refractivity contribution in [1.29, 1.82) is 0 Å². The molecular formula is C17H16N4O2. The van der Waals surface area contributed by atoms with Crippen molar-refractivity contribution in [3.8, 4) is 0 Å². The standard InChI is InChI=1S/C17H16N4O2/c22-17(23-12-14-5-2-1-3-6-14)18-10-4-7-13-8-9-15-16(11-13)20-21-19-15/h1-9,11H,10,12H2,(H,18,22)(H,19,20,21). The summed E-state index contributed by atoms with van der Waals surface area (Å²) in [6.07, 6.45) is 3.32. The molecule has 0 atom stereocenters. The van der Waals surface area contributed by atoms with E-state index in [2.05, 4.69) is 20.7 Å². The Kier molecular flexibility index (Phi) is 4.63. The number of nitrogens with one attached hydrogen (secondary N) is 2. The van der Waals surface area contributed by atoms with Crippen LogP contribution in [0.3, 0.4) is 0 Å². The summed E-state index contributed by atoms with van der Waals surface area (Å²) in [5, 5.41) is 13.3. The molecule has 0 radical (unpaired) electrons. The Morgan fingerprint density at radius 1 is 1.13 bits per heavy atom. The van der Waals surface area contributed by atoms with Crippen LogP contribution in [0.25, 0.3) is 17.1 Å². The van der Waals surface area contributed by atoms with E-state index in [1.807, 2.05) is 60.7 Å². The smallest absolute Gasteiger partial charge is 0.407 e. The number of fused-ring (bicyclic) bond motifs is 1. The summed E-state index contributed by atoms with van der Waals surface area (Å²) >= 11 is 0. The second-order valence-corrected chi connectivity index (χ2v) is 4.92. The number of nitrogens with zero attached hydrogens (tertiary/aromatic N) is 2. The molecule has 0 aliphatic rings. The monoisotopic (exact) mass is 308 g/mol. The van der Waals surface area contributed by atoms with Gasteiger partial charge in [-0.05, 0) is 23.3 Å². The van der Waals surface area contributed by atoms with Crippen LogP contribution >= 0.6 is 0 Å². The maximum Gasteiger partial charge on any atom is 0.407 e. The number of H-pyrrole nitrogens is 1. The van der Waals surface area contributed by atoms with E-state index in [1.54, 1.807) is 0 Å². The third kappa shape index (κ3) is 4.16. The molecule has 1 heterocycles. The van der Waals surface area contributed by atoms with Gasteiger partial charge in [-0.1, -0.05) is 48.6 Å². The molecule has 3 rings (SSSR count). The number of aromatic nitrogens is 3. The zero-order valence-electron chi connectivity index (χ0n) is 12.4. The van der Waals surface area contributed by atoms with Gasteiger partial charge in [0.25, 0.3) is 0 Å². The Bertz CT molecular complexity index is 812. The van der Waals surface area contributed by atoms with Gasteiger partial charge in [-0.15, -0.1) is 0 Å². The number of ether oxygens (including phenoxy) is 1. The summed E-state index contributed by atoms with van der Waals surface area (Å²) < 4.78 is 5.12. The maximum absolute atomic E-state index is 11.6. The van der Waals surface area contributed by atoms with Crippen molar-refractivity contribution in [3.05, 3.63) is 65.7 Å². The normalized spacial score (nSPS) is 11.0. The summed E-state index contributed by atoms with van der Waals surface area (Å²) in [6, 6.07) is 15.3. The van der Waals surface area contributed by atoms with Gasteiger partial charge in [0.1, 0.15) is 17.6 Å². The molecule has 0 saturated heterocycles. The Morgan fingerprint density at radius 3 is 2.83 bits per heavy atom. The van der Waals surface area contributed by atoms with Gasteiger partial charge in [0, 0.05) is 6.54 Å². The van der Waals surface area contributed by atoms with Crippen molar-refractivity contribution in [2.45, 2.75) is 6.61 Å². The number of carbonyl (C=O) groups is 1. The number of aromatic amines is 1. The fraction of sp³-hybridized carbons (Fsp3) is 0.118. The van der Waals surface area contributed by atoms with Crippen LogP contribution in [0.4, 0.5) is 4.79 Å². The Balaban J connectivity index is 1.44. The quantitative estimate of drug-likeness (QED) is 0.759. The lowest BCUT2D eigenvalue weighted by Crippen LogP contribution is -2.24. The van der Waals surface area contributed by atoms with Crippen molar-refractivity contribution in [2.75, 3.05) is 6.54 Å². The van der Waals surface area contributed by atoms with Crippen LogP contribution in [0.5, 0.6) is 0 Å². The predicted molar refractivity (Wildman–Crippen MR) is 87.6 cm³/mol. The number of alkyl carbamates (subject to hydrolysis) is 1. The highest BCUT2D eigenvalue weighted by molar-refractivity contribution is 5.76. The van der Waals surface area contributed by atoms with Crippen LogP contribution in [0.15, 0.2) is 54.6 Å². The van der Waals surface area contributed by atoms with Crippen molar-refractivity contribution < 1.29 is 9.53 Å². The number of amides is 1. The Hall–Kier alpha value is -3.15. The fourth-order valence-electron chi connectivity index (χ4n) is 2.07. The lowest BCUT2D eigenvalue weighted by atomic mass is 10.2. The van der Waals surface area contributed by atoms with Gasteiger partial charge in [0.05, 0.1) is 0 Å². The molecular weight excluding hydrogens is 292 g/mol. The van der Waals surface area contributed by atoms with Crippen LogP contribution in [0.1, 0.15) is 11.1 Å². The first kappa shape index (κ1) is 14.8. The SMILES string of the molecule is O=C(NCC=Cc1ccc2n[nH]nc2c1)OCc1ccccc1. The van der Waals surface area contributed by atoms with Gasteiger partial charge in [0.15, 0.2) is 0 Å². The number of rotatable bonds is 5. The molecule has 0 saturated carbocycles. The molecule has 23 heavy (non-hydrogen) atoms. The third-order valence-electron chi connectivity index (χ3n) is 3.23. The minimum absolute atomic E-state index is 0.263. The van der Waals surface area contributed by atoms with Gasteiger partial charge >= 0.3 is 6.09 Å².